The first-order valence-electron chi connectivity index (χ1n) is 9.79. The number of hydrogen-bond acceptors (Lipinski definition) is 5. The standard InChI is InChI=1S/C19H28N4O3S2/c1-3-23-17-11-10-15(28(20,25)26)12-16(17)22-19(23)27-13(2)18(24)21-14-8-6-4-5-7-9-14/h10-14H,3-9H2,1-2H3,(H,21,24)(H2,20,25,26). The van der Waals surface area contributed by atoms with Gasteiger partial charge in [0.05, 0.1) is 21.2 Å². The summed E-state index contributed by atoms with van der Waals surface area (Å²) in [5.41, 5.74) is 1.39. The van der Waals surface area contributed by atoms with Gasteiger partial charge in [0.15, 0.2) is 5.16 Å². The number of imidazole rings is 1. The van der Waals surface area contributed by atoms with E-state index < -0.39 is 10.0 Å². The second kappa shape index (κ2) is 8.84. The lowest BCUT2D eigenvalue weighted by atomic mass is 10.1. The molecular weight excluding hydrogens is 396 g/mol. The summed E-state index contributed by atoms with van der Waals surface area (Å²) < 4.78 is 25.2. The van der Waals surface area contributed by atoms with Gasteiger partial charge in [-0.1, -0.05) is 37.4 Å². The van der Waals surface area contributed by atoms with E-state index in [2.05, 4.69) is 10.3 Å². The van der Waals surface area contributed by atoms with Crippen LogP contribution in [0.4, 0.5) is 0 Å². The molecule has 1 aromatic carbocycles. The first kappa shape index (κ1) is 21.1. The maximum absolute atomic E-state index is 12.7. The van der Waals surface area contributed by atoms with Crippen LogP contribution in [0.1, 0.15) is 52.4 Å². The highest BCUT2D eigenvalue weighted by atomic mass is 32.2. The molecule has 9 heteroatoms. The normalized spacial score (nSPS) is 17.4. The number of sulfonamides is 1. The van der Waals surface area contributed by atoms with Gasteiger partial charge >= 0.3 is 0 Å². The van der Waals surface area contributed by atoms with Gasteiger partial charge in [-0.05, 0) is 44.9 Å². The zero-order chi connectivity index (χ0) is 20.3. The Morgan fingerprint density at radius 2 is 2.00 bits per heavy atom. The second-order valence-corrected chi connectivity index (χ2v) is 10.2. The van der Waals surface area contributed by atoms with Crippen LogP contribution in [-0.2, 0) is 21.4 Å². The zero-order valence-electron chi connectivity index (χ0n) is 16.3. The minimum absolute atomic E-state index is 0.0248. The van der Waals surface area contributed by atoms with E-state index in [1.54, 1.807) is 6.07 Å². The first-order chi connectivity index (χ1) is 13.3. The minimum atomic E-state index is -3.78. The van der Waals surface area contributed by atoms with E-state index in [0.29, 0.717) is 17.2 Å². The predicted octanol–water partition coefficient (Wildman–Crippen LogP) is 3.02. The number of nitrogens with one attached hydrogen (secondary N) is 1. The summed E-state index contributed by atoms with van der Waals surface area (Å²) in [5.74, 6) is 0.0248. The maximum Gasteiger partial charge on any atom is 0.238 e. The Labute approximate surface area is 170 Å². The molecule has 1 unspecified atom stereocenters. The van der Waals surface area contributed by atoms with Gasteiger partial charge in [0.1, 0.15) is 0 Å². The van der Waals surface area contributed by atoms with Gasteiger partial charge in [0, 0.05) is 12.6 Å². The molecule has 1 aliphatic rings. The number of rotatable bonds is 6. The third-order valence-corrected chi connectivity index (χ3v) is 7.18. The largest absolute Gasteiger partial charge is 0.352 e. The first-order valence-corrected chi connectivity index (χ1v) is 12.2. The zero-order valence-corrected chi connectivity index (χ0v) is 18.0. The van der Waals surface area contributed by atoms with Crippen molar-refractivity contribution in [2.45, 2.75) is 80.3 Å². The van der Waals surface area contributed by atoms with Crippen LogP contribution in [0.2, 0.25) is 0 Å². The molecule has 0 saturated heterocycles. The van der Waals surface area contributed by atoms with Crippen LogP contribution < -0.4 is 10.5 Å². The van der Waals surface area contributed by atoms with E-state index in [-0.39, 0.29) is 22.1 Å². The molecule has 3 rings (SSSR count). The molecule has 1 heterocycles. The van der Waals surface area contributed by atoms with Crippen LogP contribution in [0.3, 0.4) is 0 Å². The molecule has 154 valence electrons. The lowest BCUT2D eigenvalue weighted by Gasteiger charge is -2.19. The molecule has 28 heavy (non-hydrogen) atoms. The molecule has 1 atom stereocenters. The Morgan fingerprint density at radius 3 is 2.61 bits per heavy atom. The van der Waals surface area contributed by atoms with Crippen molar-refractivity contribution >= 4 is 38.7 Å². The topological polar surface area (TPSA) is 107 Å². The van der Waals surface area contributed by atoms with Crippen molar-refractivity contribution in [3.8, 4) is 0 Å². The molecule has 0 aliphatic heterocycles. The van der Waals surface area contributed by atoms with Crippen LogP contribution in [0.25, 0.3) is 11.0 Å². The number of primary sulfonamides is 1. The van der Waals surface area contributed by atoms with Gasteiger partial charge in [-0.15, -0.1) is 0 Å². The Hall–Kier alpha value is -1.58. The highest BCUT2D eigenvalue weighted by Crippen LogP contribution is 2.29. The molecule has 1 aliphatic carbocycles. The Balaban J connectivity index is 1.77. The molecule has 2 aromatic rings. The van der Waals surface area contributed by atoms with E-state index in [1.165, 1.54) is 49.6 Å². The number of nitrogens with zero attached hydrogens (tertiary/aromatic N) is 2. The van der Waals surface area contributed by atoms with E-state index in [0.717, 1.165) is 18.4 Å². The fourth-order valence-corrected chi connectivity index (χ4v) is 5.14. The van der Waals surface area contributed by atoms with E-state index >= 15 is 0 Å². The van der Waals surface area contributed by atoms with Crippen LogP contribution in [0.5, 0.6) is 0 Å². The van der Waals surface area contributed by atoms with Crippen LogP contribution in [0.15, 0.2) is 28.3 Å². The number of benzene rings is 1. The van der Waals surface area contributed by atoms with E-state index in [1.807, 2.05) is 18.4 Å². The number of carbonyl (C=O) groups is 1. The number of hydrogen-bond donors (Lipinski definition) is 2. The lowest BCUT2D eigenvalue weighted by Crippen LogP contribution is -2.39. The summed E-state index contributed by atoms with van der Waals surface area (Å²) in [6, 6.07) is 4.95. The monoisotopic (exact) mass is 424 g/mol. The van der Waals surface area contributed by atoms with E-state index in [9.17, 15) is 13.2 Å². The lowest BCUT2D eigenvalue weighted by molar-refractivity contribution is -0.121. The summed E-state index contributed by atoms with van der Waals surface area (Å²) in [4.78, 5) is 17.3. The van der Waals surface area contributed by atoms with Gasteiger partial charge in [0.2, 0.25) is 15.9 Å². The highest BCUT2D eigenvalue weighted by molar-refractivity contribution is 8.00. The Bertz CT molecular complexity index is 947. The highest BCUT2D eigenvalue weighted by Gasteiger charge is 2.22. The van der Waals surface area contributed by atoms with Crippen molar-refractivity contribution in [2.75, 3.05) is 0 Å². The Morgan fingerprint density at radius 1 is 1.32 bits per heavy atom. The number of carbonyl (C=O) groups excluding carboxylic acids is 1. The summed E-state index contributed by atoms with van der Waals surface area (Å²) in [6.07, 6.45) is 6.93. The third-order valence-electron chi connectivity index (χ3n) is 5.18. The SMILES string of the molecule is CCn1c(SC(C)C(=O)NC2CCCCCC2)nc2cc(S(N)(=O)=O)ccc21. The van der Waals surface area contributed by atoms with E-state index in [4.69, 9.17) is 5.14 Å². The number of aromatic nitrogens is 2. The third kappa shape index (κ3) is 4.87. The Kier molecular flexibility index (Phi) is 6.67. The fraction of sp³-hybridized carbons (Fsp3) is 0.579. The predicted molar refractivity (Wildman–Crippen MR) is 112 cm³/mol. The van der Waals surface area contributed by atoms with Gasteiger partial charge in [-0.25, -0.2) is 18.5 Å². The van der Waals surface area contributed by atoms with Crippen molar-refractivity contribution in [1.82, 2.24) is 14.9 Å². The molecule has 7 nitrogen and oxygen atoms in total. The number of amides is 1. The van der Waals surface area contributed by atoms with Crippen molar-refractivity contribution in [3.05, 3.63) is 18.2 Å². The number of nitrogens with two attached hydrogens (primary N) is 1. The summed E-state index contributed by atoms with van der Waals surface area (Å²) >= 11 is 1.39. The summed E-state index contributed by atoms with van der Waals surface area (Å²) in [7, 11) is -3.78. The van der Waals surface area contributed by atoms with Gasteiger partial charge in [0.25, 0.3) is 0 Å². The number of thioether (sulfide) groups is 1. The molecule has 1 amide bonds. The molecular formula is C19H28N4O3S2. The smallest absolute Gasteiger partial charge is 0.238 e. The van der Waals surface area contributed by atoms with Crippen LogP contribution in [0, 0.1) is 0 Å². The summed E-state index contributed by atoms with van der Waals surface area (Å²) in [6.45, 7) is 4.55. The van der Waals surface area contributed by atoms with Crippen molar-refractivity contribution in [1.29, 1.82) is 0 Å². The van der Waals surface area contributed by atoms with Gasteiger partial charge in [-0.3, -0.25) is 4.79 Å². The molecule has 3 N–H and O–H groups in total. The fourth-order valence-electron chi connectivity index (χ4n) is 3.61. The molecule has 0 radical (unpaired) electrons. The van der Waals surface area contributed by atoms with Crippen LogP contribution in [-0.4, -0.2) is 35.2 Å². The molecule has 1 fully saturated rings. The average Bonchev–Trinajstić information content (AvgIpc) is 2.78. The molecule has 1 aromatic heterocycles. The number of aryl methyl sites for hydroxylation is 1. The van der Waals surface area contributed by atoms with Crippen molar-refractivity contribution in [2.24, 2.45) is 5.14 Å². The van der Waals surface area contributed by atoms with Gasteiger partial charge in [-0.2, -0.15) is 0 Å². The van der Waals surface area contributed by atoms with Crippen molar-refractivity contribution < 1.29 is 13.2 Å². The number of fused-ring (bicyclic) bond motifs is 1. The second-order valence-electron chi connectivity index (χ2n) is 7.29. The average molecular weight is 425 g/mol. The molecule has 0 spiro atoms. The minimum Gasteiger partial charge on any atom is -0.352 e. The maximum atomic E-state index is 12.7. The molecule has 1 saturated carbocycles. The summed E-state index contributed by atoms with van der Waals surface area (Å²) in [5, 5.41) is 8.82. The van der Waals surface area contributed by atoms with Gasteiger partial charge < -0.3 is 9.88 Å². The van der Waals surface area contributed by atoms with Crippen molar-refractivity contribution in [3.63, 3.8) is 0 Å². The molecule has 0 bridgehead atoms. The van der Waals surface area contributed by atoms with Crippen LogP contribution >= 0.6 is 11.8 Å². The quantitative estimate of drug-likeness (QED) is 0.547.